The molecule has 2 amide bonds. The molecule has 4 saturated carbocycles. The lowest BCUT2D eigenvalue weighted by Crippen LogP contribution is -2.58. The van der Waals surface area contributed by atoms with Crippen molar-refractivity contribution >= 4 is 11.8 Å². The maximum Gasteiger partial charge on any atom is 0.237 e. The summed E-state index contributed by atoms with van der Waals surface area (Å²) in [5, 5.41) is 6.31. The summed E-state index contributed by atoms with van der Waals surface area (Å²) in [6.45, 7) is 3.93. The van der Waals surface area contributed by atoms with E-state index >= 15 is 0 Å². The number of carbonyl (C=O) groups is 2. The van der Waals surface area contributed by atoms with Crippen molar-refractivity contribution in [2.75, 3.05) is 19.6 Å². The van der Waals surface area contributed by atoms with E-state index < -0.39 is 0 Å². The summed E-state index contributed by atoms with van der Waals surface area (Å²) in [5.74, 6) is 3.61. The predicted molar refractivity (Wildman–Crippen MR) is 92.3 cm³/mol. The lowest BCUT2D eigenvalue weighted by Gasteiger charge is -2.54. The summed E-state index contributed by atoms with van der Waals surface area (Å²) in [6, 6.07) is 0.444. The van der Waals surface area contributed by atoms with E-state index in [1.54, 1.807) is 6.92 Å². The summed E-state index contributed by atoms with van der Waals surface area (Å²) < 4.78 is 0. The normalized spacial score (nSPS) is 40.7. The molecule has 0 aromatic carbocycles. The van der Waals surface area contributed by atoms with Gasteiger partial charge < -0.3 is 10.6 Å². The summed E-state index contributed by atoms with van der Waals surface area (Å²) in [6.07, 6.45) is 8.86. The largest absolute Gasteiger partial charge is 0.355 e. The molecule has 4 aliphatic carbocycles. The van der Waals surface area contributed by atoms with Gasteiger partial charge in [0.05, 0.1) is 6.04 Å². The van der Waals surface area contributed by atoms with Crippen LogP contribution in [-0.4, -0.2) is 48.4 Å². The third-order valence-electron chi connectivity index (χ3n) is 6.97. The Hall–Kier alpha value is -1.10. The van der Waals surface area contributed by atoms with Gasteiger partial charge in [0, 0.05) is 26.1 Å². The molecule has 134 valence electrons. The van der Waals surface area contributed by atoms with Crippen LogP contribution < -0.4 is 10.6 Å². The molecule has 5 aliphatic rings. The van der Waals surface area contributed by atoms with Crippen LogP contribution in [0.5, 0.6) is 0 Å². The first kappa shape index (κ1) is 16.4. The smallest absolute Gasteiger partial charge is 0.237 e. The zero-order valence-electron chi connectivity index (χ0n) is 14.8. The van der Waals surface area contributed by atoms with E-state index in [1.807, 2.05) is 0 Å². The van der Waals surface area contributed by atoms with E-state index in [9.17, 15) is 9.59 Å². The molecule has 1 aliphatic heterocycles. The van der Waals surface area contributed by atoms with E-state index in [0.29, 0.717) is 12.6 Å². The van der Waals surface area contributed by atoms with Crippen LogP contribution >= 0.6 is 0 Å². The highest BCUT2D eigenvalue weighted by molar-refractivity contribution is 5.82. The number of carbonyl (C=O) groups excluding carboxylic acids is 2. The highest BCUT2D eigenvalue weighted by atomic mass is 16.2. The van der Waals surface area contributed by atoms with Crippen molar-refractivity contribution in [3.63, 3.8) is 0 Å². The summed E-state index contributed by atoms with van der Waals surface area (Å²) in [7, 11) is 0. The van der Waals surface area contributed by atoms with E-state index in [4.69, 9.17) is 0 Å². The quantitative estimate of drug-likeness (QED) is 0.802. The molecule has 0 spiro atoms. The van der Waals surface area contributed by atoms with Crippen LogP contribution in [0.4, 0.5) is 0 Å². The van der Waals surface area contributed by atoms with Crippen molar-refractivity contribution in [2.45, 2.75) is 64.0 Å². The molecule has 5 nitrogen and oxygen atoms in total. The van der Waals surface area contributed by atoms with Gasteiger partial charge in [-0.15, -0.1) is 0 Å². The van der Waals surface area contributed by atoms with Crippen LogP contribution in [-0.2, 0) is 9.59 Å². The number of hydrogen-bond acceptors (Lipinski definition) is 3. The molecule has 5 rings (SSSR count). The monoisotopic (exact) mass is 333 g/mol. The molecule has 0 aromatic rings. The average Bonchev–Trinajstić information content (AvgIpc) is 2.98. The van der Waals surface area contributed by atoms with E-state index in [0.717, 1.165) is 49.6 Å². The van der Waals surface area contributed by atoms with Crippen molar-refractivity contribution < 1.29 is 9.59 Å². The van der Waals surface area contributed by atoms with Gasteiger partial charge >= 0.3 is 0 Å². The number of likely N-dealkylation sites (tertiary alicyclic amines) is 1. The number of amides is 2. The molecule has 0 unspecified atom stereocenters. The highest BCUT2D eigenvalue weighted by Crippen LogP contribution is 2.53. The van der Waals surface area contributed by atoms with Crippen molar-refractivity contribution in [3.8, 4) is 0 Å². The second-order valence-corrected chi connectivity index (χ2v) is 8.64. The van der Waals surface area contributed by atoms with Gasteiger partial charge in [-0.05, 0) is 75.2 Å². The minimum atomic E-state index is 0.00351. The fraction of sp³-hybridized carbons (Fsp3) is 0.895. The predicted octanol–water partition coefficient (Wildman–Crippen LogP) is 1.53. The van der Waals surface area contributed by atoms with Gasteiger partial charge in [0.25, 0.3) is 0 Å². The molecule has 0 aromatic heterocycles. The van der Waals surface area contributed by atoms with E-state index in [1.165, 1.54) is 32.1 Å². The van der Waals surface area contributed by atoms with Gasteiger partial charge in [-0.1, -0.05) is 0 Å². The molecule has 1 atom stereocenters. The minimum Gasteiger partial charge on any atom is -0.355 e. The molecular weight excluding hydrogens is 302 g/mol. The molecule has 1 heterocycles. The topological polar surface area (TPSA) is 61.4 Å². The summed E-state index contributed by atoms with van der Waals surface area (Å²) in [5.41, 5.74) is 0. The first-order valence-corrected chi connectivity index (χ1v) is 9.89. The van der Waals surface area contributed by atoms with E-state index in [2.05, 4.69) is 15.5 Å². The summed E-state index contributed by atoms with van der Waals surface area (Å²) in [4.78, 5) is 26.2. The van der Waals surface area contributed by atoms with Crippen LogP contribution in [0, 0.1) is 23.7 Å². The van der Waals surface area contributed by atoms with Crippen molar-refractivity contribution in [3.05, 3.63) is 0 Å². The Morgan fingerprint density at radius 1 is 1.04 bits per heavy atom. The molecular formula is C19H31N3O2. The second-order valence-electron chi connectivity index (χ2n) is 8.64. The van der Waals surface area contributed by atoms with Crippen LogP contribution in [0.2, 0.25) is 0 Å². The van der Waals surface area contributed by atoms with Gasteiger partial charge in [-0.3, -0.25) is 14.5 Å². The van der Waals surface area contributed by atoms with Crippen molar-refractivity contribution in [1.82, 2.24) is 15.5 Å². The molecule has 2 N–H and O–H groups in total. The summed E-state index contributed by atoms with van der Waals surface area (Å²) >= 11 is 0. The fourth-order valence-electron chi connectivity index (χ4n) is 6.19. The SMILES string of the molecule is CC(=O)NCCN1CCC[C@@H]1C(=O)NC1C2CC3CC(C2)CC1C3. The van der Waals surface area contributed by atoms with Gasteiger partial charge in [-0.2, -0.15) is 0 Å². The van der Waals surface area contributed by atoms with Crippen molar-refractivity contribution in [2.24, 2.45) is 23.7 Å². The first-order valence-electron chi connectivity index (χ1n) is 9.89. The number of nitrogens with one attached hydrogen (secondary N) is 2. The molecule has 4 bridgehead atoms. The molecule has 24 heavy (non-hydrogen) atoms. The Bertz CT molecular complexity index is 479. The highest BCUT2D eigenvalue weighted by Gasteiger charge is 2.49. The third-order valence-corrected chi connectivity index (χ3v) is 6.97. The zero-order valence-corrected chi connectivity index (χ0v) is 14.8. The fourth-order valence-corrected chi connectivity index (χ4v) is 6.19. The Labute approximate surface area is 144 Å². The standard InChI is InChI=1S/C19H31N3O2/c1-12(23)20-4-6-22-5-2-3-17(22)19(24)21-18-15-8-13-7-14(10-15)11-16(18)9-13/h13-18H,2-11H2,1H3,(H,20,23)(H,21,24)/t13?,14?,15?,16?,17-,18?/m1/s1. The van der Waals surface area contributed by atoms with E-state index in [-0.39, 0.29) is 17.9 Å². The van der Waals surface area contributed by atoms with Crippen LogP contribution in [0.25, 0.3) is 0 Å². The Morgan fingerprint density at radius 2 is 1.71 bits per heavy atom. The number of rotatable bonds is 5. The van der Waals surface area contributed by atoms with Crippen LogP contribution in [0.15, 0.2) is 0 Å². The zero-order chi connectivity index (χ0) is 16.7. The lowest BCUT2D eigenvalue weighted by atomic mass is 9.54. The molecule has 5 fully saturated rings. The molecule has 5 heteroatoms. The van der Waals surface area contributed by atoms with Gasteiger partial charge in [0.2, 0.25) is 11.8 Å². The van der Waals surface area contributed by atoms with Gasteiger partial charge in [0.1, 0.15) is 0 Å². The third kappa shape index (κ3) is 3.19. The lowest BCUT2D eigenvalue weighted by molar-refractivity contribution is -0.129. The van der Waals surface area contributed by atoms with Crippen LogP contribution in [0.3, 0.4) is 0 Å². The maximum atomic E-state index is 12.9. The van der Waals surface area contributed by atoms with Gasteiger partial charge in [-0.25, -0.2) is 0 Å². The van der Waals surface area contributed by atoms with Crippen molar-refractivity contribution in [1.29, 1.82) is 0 Å². The Kier molecular flexibility index (Phi) is 4.54. The number of nitrogens with zero attached hydrogens (tertiary/aromatic N) is 1. The second kappa shape index (κ2) is 6.66. The molecule has 1 saturated heterocycles. The Morgan fingerprint density at radius 3 is 2.33 bits per heavy atom. The van der Waals surface area contributed by atoms with Gasteiger partial charge in [0.15, 0.2) is 0 Å². The average molecular weight is 333 g/mol. The van der Waals surface area contributed by atoms with Crippen LogP contribution in [0.1, 0.15) is 51.9 Å². The minimum absolute atomic E-state index is 0.00351. The number of hydrogen-bond donors (Lipinski definition) is 2. The Balaban J connectivity index is 1.33. The molecule has 0 radical (unpaired) electrons. The first-order chi connectivity index (χ1) is 11.6. The maximum absolute atomic E-state index is 12.9.